The Morgan fingerprint density at radius 2 is 1.86 bits per heavy atom. The molecular weight excluding hydrogens is 386 g/mol. The molecule has 1 aromatic carbocycles. The van der Waals surface area contributed by atoms with Crippen LogP contribution in [0.2, 0.25) is 0 Å². The highest BCUT2D eigenvalue weighted by atomic mass is 32.2. The van der Waals surface area contributed by atoms with Crippen LogP contribution in [0, 0.1) is 13.8 Å². The van der Waals surface area contributed by atoms with E-state index in [1.807, 2.05) is 37.2 Å². The van der Waals surface area contributed by atoms with E-state index in [0.29, 0.717) is 17.7 Å². The molecule has 1 fully saturated rings. The van der Waals surface area contributed by atoms with E-state index in [9.17, 15) is 13.2 Å². The van der Waals surface area contributed by atoms with Crippen molar-refractivity contribution in [3.63, 3.8) is 0 Å². The average molecular weight is 418 g/mol. The molecule has 6 nitrogen and oxygen atoms in total. The Balaban J connectivity index is 2.06. The van der Waals surface area contributed by atoms with Crippen molar-refractivity contribution in [3.8, 4) is 0 Å². The van der Waals surface area contributed by atoms with Crippen molar-refractivity contribution in [1.82, 2.24) is 13.8 Å². The average Bonchev–Trinajstić information content (AvgIpc) is 2.95. The van der Waals surface area contributed by atoms with Crippen LogP contribution in [0.5, 0.6) is 0 Å². The van der Waals surface area contributed by atoms with Crippen molar-refractivity contribution >= 4 is 15.9 Å². The predicted octanol–water partition coefficient (Wildman–Crippen LogP) is 3.65. The van der Waals surface area contributed by atoms with Crippen LogP contribution in [0.4, 0.5) is 0 Å². The molecule has 1 aliphatic rings. The second-order valence-corrected chi connectivity index (χ2v) is 10.2. The van der Waals surface area contributed by atoms with Gasteiger partial charge in [-0.3, -0.25) is 4.79 Å². The Morgan fingerprint density at radius 3 is 2.48 bits per heavy atom. The monoisotopic (exact) mass is 417 g/mol. The molecule has 1 amide bonds. The van der Waals surface area contributed by atoms with E-state index in [1.54, 1.807) is 13.0 Å². The Morgan fingerprint density at radius 1 is 1.14 bits per heavy atom. The summed E-state index contributed by atoms with van der Waals surface area (Å²) in [5.74, 6) is -0.101. The summed E-state index contributed by atoms with van der Waals surface area (Å²) in [6, 6.07) is 7.44. The second kappa shape index (κ2) is 8.32. The van der Waals surface area contributed by atoms with Gasteiger partial charge in [0, 0.05) is 45.1 Å². The Bertz CT molecular complexity index is 1010. The molecule has 158 valence electrons. The van der Waals surface area contributed by atoms with Crippen LogP contribution in [-0.2, 0) is 17.1 Å². The van der Waals surface area contributed by atoms with E-state index in [-0.39, 0.29) is 16.8 Å². The van der Waals surface area contributed by atoms with Crippen molar-refractivity contribution in [2.24, 2.45) is 7.05 Å². The molecule has 29 heavy (non-hydrogen) atoms. The lowest BCUT2D eigenvalue weighted by molar-refractivity contribution is 0.0674. The first-order valence-electron chi connectivity index (χ1n) is 10.1. The van der Waals surface area contributed by atoms with Gasteiger partial charge in [-0.05, 0) is 62.1 Å². The number of aryl methyl sites for hydroxylation is 2. The number of benzene rings is 1. The van der Waals surface area contributed by atoms with Crippen LogP contribution in [0.25, 0.3) is 0 Å². The number of carbonyl (C=O) groups is 1. The molecule has 1 aromatic heterocycles. The molecule has 1 unspecified atom stereocenters. The fourth-order valence-corrected chi connectivity index (χ4v) is 5.28. The van der Waals surface area contributed by atoms with Crippen molar-refractivity contribution in [2.75, 3.05) is 20.6 Å². The maximum atomic E-state index is 13.6. The molecule has 0 N–H and O–H groups in total. The van der Waals surface area contributed by atoms with Gasteiger partial charge in [0.25, 0.3) is 5.91 Å². The zero-order valence-electron chi connectivity index (χ0n) is 18.0. The molecule has 2 aromatic rings. The summed E-state index contributed by atoms with van der Waals surface area (Å²) >= 11 is 0. The molecule has 0 radical (unpaired) electrons. The second-order valence-electron chi connectivity index (χ2n) is 8.11. The molecule has 1 aliphatic heterocycles. The summed E-state index contributed by atoms with van der Waals surface area (Å²) in [6.45, 7) is 4.33. The summed E-state index contributed by atoms with van der Waals surface area (Å²) < 4.78 is 28.9. The van der Waals surface area contributed by atoms with Crippen molar-refractivity contribution in [2.45, 2.75) is 50.5 Å². The zero-order valence-corrected chi connectivity index (χ0v) is 18.8. The molecule has 2 heterocycles. The lowest BCUT2D eigenvalue weighted by atomic mass is 10.0. The lowest BCUT2D eigenvalue weighted by Crippen LogP contribution is -2.36. The standard InChI is InChI=1S/C22H31N3O3S/c1-16-14-18(15-21(17(16)2)29(27,28)23(3)4)22(26)25-13-8-6-7-10-20(25)19-11-9-12-24(19)5/h9,11-12,14-15,20H,6-8,10,13H2,1-5H3. The number of likely N-dealkylation sites (tertiary alicyclic amines) is 1. The molecule has 0 spiro atoms. The van der Waals surface area contributed by atoms with Crippen LogP contribution in [0.1, 0.15) is 58.9 Å². The van der Waals surface area contributed by atoms with Gasteiger partial charge in [-0.15, -0.1) is 0 Å². The number of hydrogen-bond acceptors (Lipinski definition) is 3. The third kappa shape index (κ3) is 4.12. The van der Waals surface area contributed by atoms with Crippen LogP contribution in [0.15, 0.2) is 35.4 Å². The van der Waals surface area contributed by atoms with Crippen LogP contribution in [-0.4, -0.2) is 48.7 Å². The number of carbonyl (C=O) groups excluding carboxylic acids is 1. The molecule has 3 rings (SSSR count). The number of aromatic nitrogens is 1. The number of amides is 1. The van der Waals surface area contributed by atoms with Gasteiger partial charge in [0.15, 0.2) is 0 Å². The summed E-state index contributed by atoms with van der Waals surface area (Å²) in [4.78, 5) is 15.7. The third-order valence-electron chi connectivity index (χ3n) is 5.96. The van der Waals surface area contributed by atoms with E-state index < -0.39 is 10.0 Å². The van der Waals surface area contributed by atoms with E-state index in [1.165, 1.54) is 18.4 Å². The Labute approximate surface area is 174 Å². The highest BCUT2D eigenvalue weighted by Gasteiger charge is 2.30. The number of sulfonamides is 1. The maximum absolute atomic E-state index is 13.6. The first-order chi connectivity index (χ1) is 13.6. The summed E-state index contributed by atoms with van der Waals surface area (Å²) in [6.07, 6.45) is 6.04. The van der Waals surface area contributed by atoms with Crippen molar-refractivity contribution in [1.29, 1.82) is 0 Å². The Hall–Kier alpha value is -2.12. The molecular formula is C22H31N3O3S. The largest absolute Gasteiger partial charge is 0.353 e. The van der Waals surface area contributed by atoms with Crippen molar-refractivity contribution < 1.29 is 13.2 Å². The van der Waals surface area contributed by atoms with Gasteiger partial charge < -0.3 is 9.47 Å². The van der Waals surface area contributed by atoms with Gasteiger partial charge in [0.1, 0.15) is 0 Å². The van der Waals surface area contributed by atoms with E-state index in [2.05, 4.69) is 10.6 Å². The molecule has 1 atom stereocenters. The minimum Gasteiger partial charge on any atom is -0.353 e. The summed E-state index contributed by atoms with van der Waals surface area (Å²) in [5, 5.41) is 0. The van der Waals surface area contributed by atoms with Gasteiger partial charge in [0.05, 0.1) is 10.9 Å². The van der Waals surface area contributed by atoms with E-state index >= 15 is 0 Å². The number of nitrogens with zero attached hydrogens (tertiary/aromatic N) is 3. The van der Waals surface area contributed by atoms with Gasteiger partial charge in [-0.1, -0.05) is 12.8 Å². The molecule has 0 bridgehead atoms. The normalized spacial score (nSPS) is 18.1. The first-order valence-corrected chi connectivity index (χ1v) is 11.5. The minimum absolute atomic E-state index is 0.000477. The fraction of sp³-hybridized carbons (Fsp3) is 0.500. The highest BCUT2D eigenvalue weighted by molar-refractivity contribution is 7.89. The predicted molar refractivity (Wildman–Crippen MR) is 114 cm³/mol. The van der Waals surface area contributed by atoms with Crippen LogP contribution in [0.3, 0.4) is 0 Å². The van der Waals surface area contributed by atoms with Gasteiger partial charge in [0.2, 0.25) is 10.0 Å². The first kappa shape index (κ1) is 21.6. The minimum atomic E-state index is -3.63. The zero-order chi connectivity index (χ0) is 21.3. The smallest absolute Gasteiger partial charge is 0.254 e. The summed E-state index contributed by atoms with van der Waals surface area (Å²) in [5.41, 5.74) is 3.05. The number of rotatable bonds is 4. The van der Waals surface area contributed by atoms with E-state index in [4.69, 9.17) is 0 Å². The SMILES string of the molecule is Cc1cc(C(=O)N2CCCCCC2c2cccn2C)cc(S(=O)(=O)N(C)C)c1C. The number of hydrogen-bond donors (Lipinski definition) is 0. The highest BCUT2D eigenvalue weighted by Crippen LogP contribution is 2.32. The topological polar surface area (TPSA) is 62.6 Å². The van der Waals surface area contributed by atoms with E-state index in [0.717, 1.165) is 36.9 Å². The molecule has 0 aliphatic carbocycles. The van der Waals surface area contributed by atoms with Gasteiger partial charge in [-0.25, -0.2) is 12.7 Å². The molecule has 0 saturated carbocycles. The quantitative estimate of drug-likeness (QED) is 0.763. The van der Waals surface area contributed by atoms with Crippen LogP contribution >= 0.6 is 0 Å². The third-order valence-corrected chi connectivity index (χ3v) is 7.91. The van der Waals surface area contributed by atoms with Gasteiger partial charge in [-0.2, -0.15) is 0 Å². The maximum Gasteiger partial charge on any atom is 0.254 e. The van der Waals surface area contributed by atoms with Crippen molar-refractivity contribution in [3.05, 3.63) is 52.8 Å². The van der Waals surface area contributed by atoms with Crippen LogP contribution < -0.4 is 0 Å². The van der Waals surface area contributed by atoms with Gasteiger partial charge >= 0.3 is 0 Å². The lowest BCUT2D eigenvalue weighted by Gasteiger charge is -2.31. The molecule has 1 saturated heterocycles. The fourth-order valence-electron chi connectivity index (χ4n) is 4.06. The summed E-state index contributed by atoms with van der Waals surface area (Å²) in [7, 11) is 1.40. The molecule has 7 heteroatoms. The Kier molecular flexibility index (Phi) is 6.19.